The van der Waals surface area contributed by atoms with Crippen LogP contribution in [0.5, 0.6) is 0 Å². The predicted molar refractivity (Wildman–Crippen MR) is 162 cm³/mol. The minimum Gasteiger partial charge on any atom is -0.368 e. The lowest BCUT2D eigenvalue weighted by atomic mass is 10.0. The number of nitrogens with zero attached hydrogens (tertiary/aromatic N) is 6. The highest BCUT2D eigenvalue weighted by Crippen LogP contribution is 2.30. The van der Waals surface area contributed by atoms with Crippen LogP contribution in [-0.4, -0.2) is 75.4 Å². The van der Waals surface area contributed by atoms with Crippen LogP contribution in [0.4, 0.5) is 20.2 Å². The number of nitriles is 2. The van der Waals surface area contributed by atoms with Gasteiger partial charge in [0.05, 0.1) is 27.4 Å². The number of amides is 1. The van der Waals surface area contributed by atoms with Gasteiger partial charge < -0.3 is 14.7 Å². The number of piperazine rings is 2. The number of anilines is 2. The highest BCUT2D eigenvalue weighted by molar-refractivity contribution is 7.89. The van der Waals surface area contributed by atoms with Gasteiger partial charge in [-0.1, -0.05) is 18.2 Å². The second-order valence-corrected chi connectivity index (χ2v) is 13.0. The average molecular weight is 619 g/mol. The van der Waals surface area contributed by atoms with Crippen molar-refractivity contribution in [2.75, 3.05) is 55.6 Å². The van der Waals surface area contributed by atoms with Gasteiger partial charge in [0.2, 0.25) is 10.0 Å². The lowest BCUT2D eigenvalue weighted by Gasteiger charge is -2.41. The molecule has 0 bridgehead atoms. The summed E-state index contributed by atoms with van der Waals surface area (Å²) < 4.78 is 58.0. The molecule has 44 heavy (non-hydrogen) atoms. The molecule has 0 N–H and O–H groups in total. The maximum absolute atomic E-state index is 14.7. The van der Waals surface area contributed by atoms with Crippen molar-refractivity contribution in [1.82, 2.24) is 9.21 Å². The van der Waals surface area contributed by atoms with Crippen LogP contribution in [0, 0.1) is 48.1 Å². The van der Waals surface area contributed by atoms with E-state index in [0.717, 1.165) is 17.8 Å². The Bertz CT molecular complexity index is 1810. The summed E-state index contributed by atoms with van der Waals surface area (Å²) in [6.07, 6.45) is 0. The number of carbonyl (C=O) groups is 1. The SMILES string of the molecule is Cc1cc(C)c(S(=O)(=O)N2CCN(c3ccccc3C#N)CC2)cc1C(=O)N1CCN(c2cc(F)c(C#N)cc2F)C[C@@H]1C. The molecule has 5 rings (SSSR count). The fourth-order valence-corrected chi connectivity index (χ4v) is 7.65. The fraction of sp³-hybridized carbons (Fsp3) is 0.344. The van der Waals surface area contributed by atoms with Gasteiger partial charge in [0.1, 0.15) is 23.8 Å². The third kappa shape index (κ3) is 5.71. The van der Waals surface area contributed by atoms with Crippen LogP contribution in [0.2, 0.25) is 0 Å². The van der Waals surface area contributed by atoms with Crippen LogP contribution in [0.3, 0.4) is 0 Å². The first-order chi connectivity index (χ1) is 21.0. The zero-order valence-electron chi connectivity index (χ0n) is 24.7. The highest BCUT2D eigenvalue weighted by Gasteiger charge is 2.34. The van der Waals surface area contributed by atoms with Gasteiger partial charge >= 0.3 is 0 Å². The predicted octanol–water partition coefficient (Wildman–Crippen LogP) is 4.19. The highest BCUT2D eigenvalue weighted by atomic mass is 32.2. The maximum Gasteiger partial charge on any atom is 0.254 e. The molecule has 2 aliphatic heterocycles. The van der Waals surface area contributed by atoms with Gasteiger partial charge in [-0.15, -0.1) is 0 Å². The third-order valence-corrected chi connectivity index (χ3v) is 10.4. The van der Waals surface area contributed by atoms with Gasteiger partial charge in [-0.25, -0.2) is 17.2 Å². The van der Waals surface area contributed by atoms with E-state index in [1.54, 1.807) is 54.8 Å². The Kier molecular flexibility index (Phi) is 8.60. The first kappa shape index (κ1) is 30.9. The van der Waals surface area contributed by atoms with E-state index < -0.39 is 21.7 Å². The molecule has 3 aromatic rings. The fourth-order valence-electron chi connectivity index (χ4n) is 5.99. The minimum atomic E-state index is -3.93. The molecular formula is C32H32F2N6O3S. The Labute approximate surface area is 256 Å². The number of rotatable bonds is 5. The molecule has 0 aromatic heterocycles. The summed E-state index contributed by atoms with van der Waals surface area (Å²) in [5.74, 6) is -1.86. The van der Waals surface area contributed by atoms with Crippen LogP contribution >= 0.6 is 0 Å². The molecule has 12 heteroatoms. The van der Waals surface area contributed by atoms with E-state index in [1.165, 1.54) is 10.4 Å². The van der Waals surface area contributed by atoms with Crippen molar-refractivity contribution in [1.29, 1.82) is 10.5 Å². The summed E-state index contributed by atoms with van der Waals surface area (Å²) in [5, 5.41) is 18.4. The summed E-state index contributed by atoms with van der Waals surface area (Å²) in [6.45, 7) is 7.22. The summed E-state index contributed by atoms with van der Waals surface area (Å²) in [4.78, 5) is 19.1. The Morgan fingerprint density at radius 2 is 1.48 bits per heavy atom. The number of carbonyl (C=O) groups excluding carboxylic acids is 1. The third-order valence-electron chi connectivity index (χ3n) is 8.36. The van der Waals surface area contributed by atoms with Crippen molar-refractivity contribution < 1.29 is 22.0 Å². The van der Waals surface area contributed by atoms with Crippen molar-refractivity contribution in [3.63, 3.8) is 0 Å². The standard InChI is InChI=1S/C32H32F2N6O3S/c1-21-14-22(2)31(44(42,43)39-11-8-37(9-12-39)29-7-5-4-6-24(29)18-35)16-26(21)32(41)40-13-10-38(20-23(40)3)30-17-27(33)25(19-36)15-28(30)34/h4-7,14-17,23H,8-13,20H2,1-3H3/t23-/m0/s1. The summed E-state index contributed by atoms with van der Waals surface area (Å²) in [5.41, 5.74) is 2.40. The molecule has 9 nitrogen and oxygen atoms in total. The van der Waals surface area contributed by atoms with E-state index in [9.17, 15) is 27.3 Å². The minimum absolute atomic E-state index is 0.0246. The Balaban J connectivity index is 1.33. The number of hydrogen-bond acceptors (Lipinski definition) is 7. The normalized spacial score (nSPS) is 17.7. The number of para-hydroxylation sites is 1. The number of benzene rings is 3. The number of aryl methyl sites for hydroxylation is 2. The molecule has 0 aliphatic carbocycles. The molecule has 0 unspecified atom stereocenters. The Morgan fingerprint density at radius 1 is 0.818 bits per heavy atom. The Morgan fingerprint density at radius 3 is 2.14 bits per heavy atom. The van der Waals surface area contributed by atoms with Gasteiger partial charge in [-0.3, -0.25) is 4.79 Å². The monoisotopic (exact) mass is 618 g/mol. The van der Waals surface area contributed by atoms with Gasteiger partial charge in [0.15, 0.2) is 0 Å². The lowest BCUT2D eigenvalue weighted by Crippen LogP contribution is -2.54. The largest absolute Gasteiger partial charge is 0.368 e. The Hall–Kier alpha value is -4.52. The molecule has 2 aliphatic rings. The van der Waals surface area contributed by atoms with Crippen molar-refractivity contribution in [2.24, 2.45) is 0 Å². The molecular weight excluding hydrogens is 586 g/mol. The smallest absolute Gasteiger partial charge is 0.254 e. The van der Waals surface area contributed by atoms with E-state index >= 15 is 0 Å². The van der Waals surface area contributed by atoms with Gasteiger partial charge in [-0.05, 0) is 56.2 Å². The summed E-state index contributed by atoms with van der Waals surface area (Å²) in [7, 11) is -3.93. The van der Waals surface area contributed by atoms with Crippen LogP contribution in [0.15, 0.2) is 53.4 Å². The zero-order chi connectivity index (χ0) is 31.8. The maximum atomic E-state index is 14.7. The van der Waals surface area contributed by atoms with Crippen molar-refractivity contribution >= 4 is 27.3 Å². The molecule has 0 spiro atoms. The molecule has 2 fully saturated rings. The average Bonchev–Trinajstić information content (AvgIpc) is 3.01. The van der Waals surface area contributed by atoms with Crippen molar-refractivity contribution in [3.8, 4) is 12.1 Å². The molecule has 2 heterocycles. The van der Waals surface area contributed by atoms with E-state index in [1.807, 2.05) is 17.0 Å². The summed E-state index contributed by atoms with van der Waals surface area (Å²) in [6, 6.07) is 15.7. The molecule has 0 saturated carbocycles. The molecule has 1 amide bonds. The molecule has 2 saturated heterocycles. The number of halogens is 2. The van der Waals surface area contributed by atoms with E-state index in [2.05, 4.69) is 6.07 Å². The molecule has 3 aromatic carbocycles. The number of hydrogen-bond donors (Lipinski definition) is 0. The number of sulfonamides is 1. The topological polar surface area (TPSA) is 112 Å². The van der Waals surface area contributed by atoms with Crippen LogP contribution in [0.25, 0.3) is 0 Å². The first-order valence-electron chi connectivity index (χ1n) is 14.3. The van der Waals surface area contributed by atoms with Gasteiger partial charge in [0, 0.05) is 63.5 Å². The quantitative estimate of drug-likeness (QED) is 0.422. The van der Waals surface area contributed by atoms with Gasteiger partial charge in [-0.2, -0.15) is 14.8 Å². The first-order valence-corrected chi connectivity index (χ1v) is 15.7. The molecule has 0 radical (unpaired) electrons. The van der Waals surface area contributed by atoms with Crippen LogP contribution in [0.1, 0.15) is 39.5 Å². The summed E-state index contributed by atoms with van der Waals surface area (Å²) >= 11 is 0. The van der Waals surface area contributed by atoms with Crippen molar-refractivity contribution in [3.05, 3.63) is 88.0 Å². The van der Waals surface area contributed by atoms with Crippen LogP contribution in [-0.2, 0) is 10.0 Å². The van der Waals surface area contributed by atoms with Crippen LogP contribution < -0.4 is 9.80 Å². The van der Waals surface area contributed by atoms with Gasteiger partial charge in [0.25, 0.3) is 5.91 Å². The zero-order valence-corrected chi connectivity index (χ0v) is 25.5. The van der Waals surface area contributed by atoms with Crippen molar-refractivity contribution in [2.45, 2.75) is 31.7 Å². The molecule has 228 valence electrons. The van der Waals surface area contributed by atoms with E-state index in [-0.39, 0.29) is 66.4 Å². The van der Waals surface area contributed by atoms with E-state index in [0.29, 0.717) is 29.8 Å². The van der Waals surface area contributed by atoms with E-state index in [4.69, 9.17) is 5.26 Å². The second kappa shape index (κ2) is 12.2. The lowest BCUT2D eigenvalue weighted by molar-refractivity contribution is 0.0673. The molecule has 1 atom stereocenters. The second-order valence-electron chi connectivity index (χ2n) is 11.1.